The Bertz CT molecular complexity index is 1110. The van der Waals surface area contributed by atoms with Crippen molar-refractivity contribution in [2.75, 3.05) is 46.4 Å². The molecule has 0 radical (unpaired) electrons. The number of aromatic hydroxyl groups is 1. The number of ether oxygens (including phenoxy) is 1. The molecular formula is C25H33N5O3. The van der Waals surface area contributed by atoms with Crippen LogP contribution in [-0.2, 0) is 6.54 Å². The molecule has 3 aromatic rings. The van der Waals surface area contributed by atoms with Crippen LogP contribution in [0.15, 0.2) is 47.3 Å². The second-order valence-corrected chi connectivity index (χ2v) is 9.00. The van der Waals surface area contributed by atoms with Crippen LogP contribution in [0.2, 0.25) is 0 Å². The molecule has 8 nitrogen and oxygen atoms in total. The quantitative estimate of drug-likeness (QED) is 0.548. The zero-order valence-electron chi connectivity index (χ0n) is 19.6. The van der Waals surface area contributed by atoms with Gasteiger partial charge in [-0.05, 0) is 54.4 Å². The fraction of sp³-hybridized carbons (Fsp3) is 0.440. The third-order valence-electron chi connectivity index (χ3n) is 6.20. The summed E-state index contributed by atoms with van der Waals surface area (Å²) >= 11 is 0. The van der Waals surface area contributed by atoms with Crippen molar-refractivity contribution in [3.05, 3.63) is 64.1 Å². The van der Waals surface area contributed by atoms with E-state index in [4.69, 9.17) is 4.74 Å². The van der Waals surface area contributed by atoms with Gasteiger partial charge in [0.15, 0.2) is 5.82 Å². The maximum atomic E-state index is 12.4. The molecule has 4 rings (SSSR count). The molecule has 33 heavy (non-hydrogen) atoms. The molecule has 0 saturated carbocycles. The zero-order valence-corrected chi connectivity index (χ0v) is 19.6. The van der Waals surface area contributed by atoms with E-state index in [-0.39, 0.29) is 17.4 Å². The average molecular weight is 452 g/mol. The fourth-order valence-corrected chi connectivity index (χ4v) is 4.08. The molecule has 8 heteroatoms. The first-order chi connectivity index (χ1) is 15.9. The molecule has 0 amide bonds. The van der Waals surface area contributed by atoms with Crippen molar-refractivity contribution in [3.8, 4) is 22.9 Å². The minimum Gasteiger partial charge on any atom is -0.508 e. The fourth-order valence-electron chi connectivity index (χ4n) is 4.08. The summed E-state index contributed by atoms with van der Waals surface area (Å²) < 4.78 is 7.53. The van der Waals surface area contributed by atoms with Crippen molar-refractivity contribution in [2.24, 2.45) is 0 Å². The minimum atomic E-state index is -0.267. The van der Waals surface area contributed by atoms with E-state index in [9.17, 15) is 9.90 Å². The standard InChI is InChI=1S/C25H33N5O3/c1-18(2)22-16-20(6-9-23(22)31)24-26-27-25(32)30(24)17-19-4-7-21(8-5-19)33-15-14-29-12-10-28(3)11-13-29/h4-9,16,18,31H,10-15,17H2,1-3H3,(H,27,32). The monoisotopic (exact) mass is 451 g/mol. The molecule has 1 saturated heterocycles. The molecule has 176 valence electrons. The van der Waals surface area contributed by atoms with Gasteiger partial charge in [0.2, 0.25) is 0 Å². The number of nitrogens with one attached hydrogen (secondary N) is 1. The van der Waals surface area contributed by atoms with Gasteiger partial charge in [0.25, 0.3) is 0 Å². The maximum Gasteiger partial charge on any atom is 0.343 e. The number of hydrogen-bond donors (Lipinski definition) is 2. The summed E-state index contributed by atoms with van der Waals surface area (Å²) in [4.78, 5) is 17.2. The third-order valence-corrected chi connectivity index (χ3v) is 6.20. The summed E-state index contributed by atoms with van der Waals surface area (Å²) in [6.07, 6.45) is 0. The van der Waals surface area contributed by atoms with E-state index < -0.39 is 0 Å². The normalized spacial score (nSPS) is 15.3. The molecular weight excluding hydrogens is 418 g/mol. The molecule has 2 aromatic carbocycles. The van der Waals surface area contributed by atoms with Crippen molar-refractivity contribution < 1.29 is 9.84 Å². The Morgan fingerprint density at radius 1 is 1.09 bits per heavy atom. The van der Waals surface area contributed by atoms with E-state index in [2.05, 4.69) is 27.0 Å². The van der Waals surface area contributed by atoms with E-state index in [0.717, 1.165) is 55.2 Å². The van der Waals surface area contributed by atoms with Crippen LogP contribution in [0.4, 0.5) is 0 Å². The predicted molar refractivity (Wildman–Crippen MR) is 129 cm³/mol. The Hall–Kier alpha value is -3.10. The molecule has 0 spiro atoms. The van der Waals surface area contributed by atoms with Gasteiger partial charge < -0.3 is 14.7 Å². The lowest BCUT2D eigenvalue weighted by atomic mass is 9.99. The summed E-state index contributed by atoms with van der Waals surface area (Å²) in [6.45, 7) is 10.4. The number of rotatable bonds is 8. The van der Waals surface area contributed by atoms with Gasteiger partial charge in [-0.25, -0.2) is 9.89 Å². The van der Waals surface area contributed by atoms with Gasteiger partial charge >= 0.3 is 5.69 Å². The van der Waals surface area contributed by atoms with Crippen molar-refractivity contribution in [1.82, 2.24) is 24.6 Å². The number of aromatic amines is 1. The van der Waals surface area contributed by atoms with E-state index in [1.165, 1.54) is 0 Å². The Labute approximate surface area is 194 Å². The number of hydrogen-bond acceptors (Lipinski definition) is 6. The Balaban J connectivity index is 1.40. The van der Waals surface area contributed by atoms with Crippen molar-refractivity contribution in [1.29, 1.82) is 0 Å². The van der Waals surface area contributed by atoms with Gasteiger partial charge in [-0.1, -0.05) is 26.0 Å². The highest BCUT2D eigenvalue weighted by molar-refractivity contribution is 5.59. The van der Waals surface area contributed by atoms with Crippen molar-refractivity contribution in [2.45, 2.75) is 26.3 Å². The first-order valence-corrected chi connectivity index (χ1v) is 11.5. The van der Waals surface area contributed by atoms with Crippen LogP contribution in [0.3, 0.4) is 0 Å². The molecule has 0 bridgehead atoms. The highest BCUT2D eigenvalue weighted by atomic mass is 16.5. The SMILES string of the molecule is CC(C)c1cc(-c2n[nH]c(=O)n2Cc2ccc(OCCN3CCN(C)CC3)cc2)ccc1O. The summed E-state index contributed by atoms with van der Waals surface area (Å²) in [5.74, 6) is 1.79. The number of phenols is 1. The van der Waals surface area contributed by atoms with E-state index >= 15 is 0 Å². The molecule has 1 aliphatic rings. The zero-order chi connectivity index (χ0) is 23.4. The first kappa shape index (κ1) is 23.1. The smallest absolute Gasteiger partial charge is 0.343 e. The molecule has 0 unspecified atom stereocenters. The topological polar surface area (TPSA) is 86.6 Å². The largest absolute Gasteiger partial charge is 0.508 e. The number of H-pyrrole nitrogens is 1. The van der Waals surface area contributed by atoms with E-state index in [0.29, 0.717) is 19.0 Å². The van der Waals surface area contributed by atoms with Gasteiger partial charge in [-0.15, -0.1) is 0 Å². The summed E-state index contributed by atoms with van der Waals surface area (Å²) in [6, 6.07) is 13.2. The van der Waals surface area contributed by atoms with Crippen LogP contribution in [0.5, 0.6) is 11.5 Å². The summed E-state index contributed by atoms with van der Waals surface area (Å²) in [7, 11) is 2.16. The van der Waals surface area contributed by atoms with Gasteiger partial charge in [0.05, 0.1) is 6.54 Å². The van der Waals surface area contributed by atoms with E-state index in [1.807, 2.05) is 44.2 Å². The highest BCUT2D eigenvalue weighted by Gasteiger charge is 2.15. The van der Waals surface area contributed by atoms with Gasteiger partial charge in [-0.3, -0.25) is 9.47 Å². The van der Waals surface area contributed by atoms with Crippen LogP contribution >= 0.6 is 0 Å². The van der Waals surface area contributed by atoms with E-state index in [1.54, 1.807) is 16.7 Å². The second kappa shape index (κ2) is 10.2. The molecule has 1 aliphatic heterocycles. The molecule has 0 aliphatic carbocycles. The lowest BCUT2D eigenvalue weighted by Crippen LogP contribution is -2.45. The molecule has 1 fully saturated rings. The second-order valence-electron chi connectivity index (χ2n) is 9.00. The van der Waals surface area contributed by atoms with Gasteiger partial charge in [0, 0.05) is 38.3 Å². The maximum absolute atomic E-state index is 12.4. The number of aromatic nitrogens is 3. The lowest BCUT2D eigenvalue weighted by molar-refractivity contribution is 0.133. The summed E-state index contributed by atoms with van der Waals surface area (Å²) in [5.41, 5.74) is 2.33. The van der Waals surface area contributed by atoms with Crippen LogP contribution < -0.4 is 10.4 Å². The van der Waals surface area contributed by atoms with Gasteiger partial charge in [0.1, 0.15) is 18.1 Å². The Kier molecular flexibility index (Phi) is 7.15. The van der Waals surface area contributed by atoms with Crippen LogP contribution in [0.1, 0.15) is 30.9 Å². The van der Waals surface area contributed by atoms with Crippen molar-refractivity contribution in [3.63, 3.8) is 0 Å². The van der Waals surface area contributed by atoms with Crippen LogP contribution in [0, 0.1) is 0 Å². The minimum absolute atomic E-state index is 0.160. The molecule has 1 aromatic heterocycles. The average Bonchev–Trinajstić information content (AvgIpc) is 3.16. The van der Waals surface area contributed by atoms with Crippen LogP contribution in [-0.4, -0.2) is 76.0 Å². The number of nitrogens with zero attached hydrogens (tertiary/aromatic N) is 4. The van der Waals surface area contributed by atoms with Gasteiger partial charge in [-0.2, -0.15) is 5.10 Å². The molecule has 2 N–H and O–H groups in total. The predicted octanol–water partition coefficient (Wildman–Crippen LogP) is 2.74. The van der Waals surface area contributed by atoms with Crippen molar-refractivity contribution >= 4 is 0 Å². The Morgan fingerprint density at radius 2 is 1.82 bits per heavy atom. The lowest BCUT2D eigenvalue weighted by Gasteiger charge is -2.32. The molecule has 2 heterocycles. The summed E-state index contributed by atoms with van der Waals surface area (Å²) in [5, 5.41) is 16.9. The Morgan fingerprint density at radius 3 is 2.52 bits per heavy atom. The number of likely N-dealkylation sites (N-methyl/N-ethyl adjacent to an activating group) is 1. The first-order valence-electron chi connectivity index (χ1n) is 11.5. The number of phenolic OH excluding ortho intramolecular Hbond substituents is 1. The highest BCUT2D eigenvalue weighted by Crippen LogP contribution is 2.30. The molecule has 0 atom stereocenters. The van der Waals surface area contributed by atoms with Crippen LogP contribution in [0.25, 0.3) is 11.4 Å². The number of piperazine rings is 1. The third kappa shape index (κ3) is 5.64. The number of benzene rings is 2.